The van der Waals surface area contributed by atoms with Crippen molar-refractivity contribution in [2.45, 2.75) is 24.5 Å². The summed E-state index contributed by atoms with van der Waals surface area (Å²) < 4.78 is 6.69. The molecule has 4 atom stereocenters. The van der Waals surface area contributed by atoms with Gasteiger partial charge in [-0.2, -0.15) is 0 Å². The Labute approximate surface area is 123 Å². The molecule has 22 heavy (non-hydrogen) atoms. The van der Waals surface area contributed by atoms with E-state index in [1.807, 2.05) is 0 Å². The quantitative estimate of drug-likeness (QED) is 0.428. The highest BCUT2D eigenvalue weighted by atomic mass is 16.6. The second-order valence-electron chi connectivity index (χ2n) is 4.90. The predicted octanol–water partition coefficient (Wildman–Crippen LogP) is -2.17. The number of nitrogens with zero attached hydrogens (tertiary/aromatic N) is 3. The number of H-pyrrole nitrogens is 1. The van der Waals surface area contributed by atoms with Crippen LogP contribution in [0.4, 0.5) is 5.82 Å². The van der Waals surface area contributed by atoms with Crippen LogP contribution in [-0.4, -0.2) is 59.8 Å². The van der Waals surface area contributed by atoms with Crippen LogP contribution >= 0.6 is 0 Å². The number of imidazole rings is 1. The lowest BCUT2D eigenvalue weighted by Crippen LogP contribution is -2.33. The summed E-state index contributed by atoms with van der Waals surface area (Å²) in [6.45, 7) is -0.441. The van der Waals surface area contributed by atoms with Crippen molar-refractivity contribution in [1.29, 1.82) is 0 Å². The van der Waals surface area contributed by atoms with Gasteiger partial charge in [0.2, 0.25) is 0 Å². The molecule has 1 saturated heterocycles. The van der Waals surface area contributed by atoms with Crippen LogP contribution in [0.15, 0.2) is 23.4 Å². The van der Waals surface area contributed by atoms with E-state index >= 15 is 0 Å². The van der Waals surface area contributed by atoms with Crippen molar-refractivity contribution in [3.05, 3.63) is 28.9 Å². The third kappa shape index (κ3) is 2.27. The Hall–Kier alpha value is -2.27. The van der Waals surface area contributed by atoms with Gasteiger partial charge in [0, 0.05) is 12.3 Å². The average molecular weight is 309 g/mol. The number of rotatable bonds is 3. The van der Waals surface area contributed by atoms with Crippen molar-refractivity contribution >= 4 is 5.82 Å². The van der Waals surface area contributed by atoms with Crippen molar-refractivity contribution in [2.75, 3.05) is 12.3 Å². The number of aromatic nitrogens is 4. The first-order valence-corrected chi connectivity index (χ1v) is 6.53. The molecule has 1 aliphatic rings. The first kappa shape index (κ1) is 14.7. The van der Waals surface area contributed by atoms with Gasteiger partial charge in [-0.1, -0.05) is 0 Å². The molecule has 0 amide bonds. The van der Waals surface area contributed by atoms with Crippen LogP contribution in [0, 0.1) is 0 Å². The zero-order valence-electron chi connectivity index (χ0n) is 11.3. The van der Waals surface area contributed by atoms with Crippen LogP contribution in [0.2, 0.25) is 0 Å². The molecular formula is C12H15N5O5. The second-order valence-corrected chi connectivity index (χ2v) is 4.90. The summed E-state index contributed by atoms with van der Waals surface area (Å²) in [5.74, 6) is 0.277. The summed E-state index contributed by atoms with van der Waals surface area (Å²) in [6.07, 6.45) is -1.81. The minimum Gasteiger partial charge on any atom is -0.394 e. The third-order valence-electron chi connectivity index (χ3n) is 3.52. The maximum atomic E-state index is 11.3. The lowest BCUT2D eigenvalue weighted by atomic mass is 10.1. The number of aromatic amines is 1. The van der Waals surface area contributed by atoms with Gasteiger partial charge in [-0.3, -0.25) is 9.36 Å². The van der Waals surface area contributed by atoms with E-state index in [-0.39, 0.29) is 22.9 Å². The van der Waals surface area contributed by atoms with Gasteiger partial charge >= 0.3 is 0 Å². The maximum Gasteiger partial charge on any atom is 0.251 e. The number of aliphatic hydroxyl groups is 3. The Morgan fingerprint density at radius 2 is 2.14 bits per heavy atom. The Bertz CT molecular complexity index is 729. The summed E-state index contributed by atoms with van der Waals surface area (Å²) in [5.41, 5.74) is 5.83. The minimum atomic E-state index is -1.27. The van der Waals surface area contributed by atoms with Crippen LogP contribution in [0.3, 0.4) is 0 Å². The Morgan fingerprint density at radius 3 is 2.77 bits per heavy atom. The molecule has 1 fully saturated rings. The number of hydrogen-bond donors (Lipinski definition) is 5. The number of aliphatic hydroxyl groups excluding tert-OH is 3. The van der Waals surface area contributed by atoms with Crippen LogP contribution in [-0.2, 0) is 4.74 Å². The van der Waals surface area contributed by atoms with Crippen LogP contribution < -0.4 is 11.3 Å². The van der Waals surface area contributed by atoms with Crippen molar-refractivity contribution in [1.82, 2.24) is 19.5 Å². The molecule has 0 aliphatic carbocycles. The fourth-order valence-corrected chi connectivity index (χ4v) is 2.36. The van der Waals surface area contributed by atoms with E-state index in [2.05, 4.69) is 15.0 Å². The summed E-state index contributed by atoms with van der Waals surface area (Å²) in [4.78, 5) is 21.8. The van der Waals surface area contributed by atoms with E-state index < -0.39 is 31.1 Å². The molecule has 2 aromatic heterocycles. The number of anilines is 1. The molecule has 6 N–H and O–H groups in total. The van der Waals surface area contributed by atoms with Crippen molar-refractivity contribution in [3.8, 4) is 11.5 Å². The van der Waals surface area contributed by atoms with Gasteiger partial charge < -0.3 is 30.8 Å². The first-order valence-electron chi connectivity index (χ1n) is 6.53. The van der Waals surface area contributed by atoms with Gasteiger partial charge in [0.1, 0.15) is 29.8 Å². The topological polar surface area (TPSA) is 160 Å². The zero-order chi connectivity index (χ0) is 15.9. The van der Waals surface area contributed by atoms with Gasteiger partial charge in [-0.15, -0.1) is 0 Å². The number of nitrogens with two attached hydrogens (primary N) is 1. The summed E-state index contributed by atoms with van der Waals surface area (Å²) >= 11 is 0. The molecule has 10 heteroatoms. The molecule has 0 radical (unpaired) electrons. The molecule has 0 spiro atoms. The van der Waals surface area contributed by atoms with Gasteiger partial charge in [-0.25, -0.2) is 9.97 Å². The highest BCUT2D eigenvalue weighted by Crippen LogP contribution is 2.33. The second kappa shape index (κ2) is 5.50. The molecule has 3 rings (SSSR count). The van der Waals surface area contributed by atoms with E-state index in [9.17, 15) is 15.0 Å². The highest BCUT2D eigenvalue weighted by molar-refractivity contribution is 5.64. The predicted molar refractivity (Wildman–Crippen MR) is 73.5 cm³/mol. The van der Waals surface area contributed by atoms with Crippen molar-refractivity contribution in [2.24, 2.45) is 0 Å². The molecular weight excluding hydrogens is 294 g/mol. The fourth-order valence-electron chi connectivity index (χ4n) is 2.36. The van der Waals surface area contributed by atoms with Crippen LogP contribution in [0.25, 0.3) is 11.5 Å². The van der Waals surface area contributed by atoms with Gasteiger partial charge in [0.25, 0.3) is 5.56 Å². The first-order chi connectivity index (χ1) is 10.5. The fraction of sp³-hybridized carbons (Fsp3) is 0.417. The minimum absolute atomic E-state index is 0.101. The van der Waals surface area contributed by atoms with E-state index in [1.165, 1.54) is 23.2 Å². The summed E-state index contributed by atoms with van der Waals surface area (Å²) in [7, 11) is 0. The summed E-state index contributed by atoms with van der Waals surface area (Å²) in [6, 6.07) is 1.25. The Kier molecular flexibility index (Phi) is 3.66. The molecule has 0 saturated carbocycles. The summed E-state index contributed by atoms with van der Waals surface area (Å²) in [5, 5.41) is 28.9. The lowest BCUT2D eigenvalue weighted by Gasteiger charge is -2.17. The van der Waals surface area contributed by atoms with E-state index in [4.69, 9.17) is 15.6 Å². The third-order valence-corrected chi connectivity index (χ3v) is 3.52. The SMILES string of the molecule is Nc1c(-c2nccc(=O)[nH]2)ncn1C1OC(CO)C(O)C1O. The van der Waals surface area contributed by atoms with Crippen molar-refractivity contribution < 1.29 is 20.1 Å². The van der Waals surface area contributed by atoms with Gasteiger partial charge in [-0.05, 0) is 0 Å². The normalized spacial score (nSPS) is 28.1. The molecule has 2 aromatic rings. The van der Waals surface area contributed by atoms with E-state index in [0.717, 1.165) is 0 Å². The van der Waals surface area contributed by atoms with Crippen LogP contribution in [0.1, 0.15) is 6.23 Å². The standard InChI is InChI=1S/C12H15N5O5/c13-10-7(11-14-2-1-6(19)16-11)15-4-17(10)12-9(21)8(20)5(3-18)22-12/h1-2,4-5,8-9,12,18,20-21H,3,13H2,(H,14,16,19). The number of hydrogen-bond acceptors (Lipinski definition) is 8. The number of nitrogen functional groups attached to an aromatic ring is 1. The number of ether oxygens (including phenoxy) is 1. The largest absolute Gasteiger partial charge is 0.394 e. The van der Waals surface area contributed by atoms with E-state index in [0.29, 0.717) is 0 Å². The van der Waals surface area contributed by atoms with E-state index in [1.54, 1.807) is 0 Å². The molecule has 0 bridgehead atoms. The molecule has 10 nitrogen and oxygen atoms in total. The maximum absolute atomic E-state index is 11.3. The Balaban J connectivity index is 1.96. The van der Waals surface area contributed by atoms with Crippen LogP contribution in [0.5, 0.6) is 0 Å². The van der Waals surface area contributed by atoms with Gasteiger partial charge in [0.05, 0.1) is 12.9 Å². The Morgan fingerprint density at radius 1 is 1.36 bits per heavy atom. The average Bonchev–Trinajstić information content (AvgIpc) is 3.01. The lowest BCUT2D eigenvalue weighted by molar-refractivity contribution is -0.0517. The monoisotopic (exact) mass is 309 g/mol. The zero-order valence-corrected chi connectivity index (χ0v) is 11.3. The smallest absolute Gasteiger partial charge is 0.251 e. The molecule has 4 unspecified atom stereocenters. The highest BCUT2D eigenvalue weighted by Gasteiger charge is 2.44. The molecule has 3 heterocycles. The molecule has 118 valence electrons. The molecule has 1 aliphatic heterocycles. The van der Waals surface area contributed by atoms with Gasteiger partial charge in [0.15, 0.2) is 12.1 Å². The molecule has 0 aromatic carbocycles. The number of nitrogens with one attached hydrogen (secondary N) is 1. The van der Waals surface area contributed by atoms with Crippen molar-refractivity contribution in [3.63, 3.8) is 0 Å².